The van der Waals surface area contributed by atoms with Crippen LogP contribution in [-0.2, 0) is 6.42 Å². The van der Waals surface area contributed by atoms with Gasteiger partial charge in [-0.2, -0.15) is 0 Å². The van der Waals surface area contributed by atoms with Gasteiger partial charge in [-0.3, -0.25) is 0 Å². The summed E-state index contributed by atoms with van der Waals surface area (Å²) in [6, 6.07) is 12.5. The molecule has 0 atom stereocenters. The molecule has 7 heteroatoms. The maximum atomic E-state index is 5.21. The third-order valence-corrected chi connectivity index (χ3v) is 6.17. The molecule has 160 valence electrons. The van der Waals surface area contributed by atoms with E-state index in [4.69, 9.17) is 14.4 Å². The first-order valence-electron chi connectivity index (χ1n) is 10.6. The molecule has 32 heavy (non-hydrogen) atoms. The molecular weight excluding hydrogens is 418 g/mol. The number of rotatable bonds is 7. The van der Waals surface area contributed by atoms with E-state index < -0.39 is 0 Å². The van der Waals surface area contributed by atoms with Crippen LogP contribution >= 0.6 is 11.3 Å². The van der Waals surface area contributed by atoms with E-state index in [2.05, 4.69) is 52.5 Å². The van der Waals surface area contributed by atoms with Gasteiger partial charge in [0.05, 0.1) is 17.2 Å². The standard InChI is InChI=1S/C25H23N5OS/c1-16-13-27-22(28-14-16)19-7-5-18(6-8-19)4-3-10-26-24-21-12-17(2)32-25(21)30-23(29-24)20-9-11-31-15-20/h5-9,11-15H,3-4,10H2,1-2H3,(H,26,29,30). The van der Waals surface area contributed by atoms with Gasteiger partial charge in [-0.15, -0.1) is 11.3 Å². The zero-order valence-corrected chi connectivity index (χ0v) is 18.8. The second-order valence-corrected chi connectivity index (χ2v) is 9.03. The molecule has 0 aliphatic carbocycles. The maximum absolute atomic E-state index is 5.21. The van der Waals surface area contributed by atoms with Gasteiger partial charge < -0.3 is 9.73 Å². The summed E-state index contributed by atoms with van der Waals surface area (Å²) in [5.74, 6) is 2.32. The van der Waals surface area contributed by atoms with Gasteiger partial charge in [-0.1, -0.05) is 24.3 Å². The number of hydrogen-bond donors (Lipinski definition) is 1. The van der Waals surface area contributed by atoms with Gasteiger partial charge in [-0.05, 0) is 49.9 Å². The SMILES string of the molecule is Cc1cnc(-c2ccc(CCCNc3nc(-c4ccoc4)nc4sc(C)cc34)cc2)nc1. The number of thiophene rings is 1. The Morgan fingerprint density at radius 1 is 0.938 bits per heavy atom. The fourth-order valence-corrected chi connectivity index (χ4v) is 4.44. The van der Waals surface area contributed by atoms with Crippen LogP contribution in [0.25, 0.3) is 33.0 Å². The molecule has 5 rings (SSSR count). The number of aromatic nitrogens is 4. The number of nitrogens with zero attached hydrogens (tertiary/aromatic N) is 4. The Morgan fingerprint density at radius 2 is 1.75 bits per heavy atom. The predicted octanol–water partition coefficient (Wildman–Crippen LogP) is 6.07. The van der Waals surface area contributed by atoms with Gasteiger partial charge in [0.2, 0.25) is 0 Å². The van der Waals surface area contributed by atoms with Gasteiger partial charge in [0.15, 0.2) is 11.6 Å². The van der Waals surface area contributed by atoms with Crippen molar-refractivity contribution in [2.75, 3.05) is 11.9 Å². The Hall–Kier alpha value is -3.58. The first kappa shape index (κ1) is 20.3. The molecule has 0 amide bonds. The summed E-state index contributed by atoms with van der Waals surface area (Å²) in [4.78, 5) is 20.5. The van der Waals surface area contributed by atoms with Crippen molar-refractivity contribution < 1.29 is 4.42 Å². The molecule has 6 nitrogen and oxygen atoms in total. The normalized spacial score (nSPS) is 11.2. The summed E-state index contributed by atoms with van der Waals surface area (Å²) in [5.41, 5.74) is 4.28. The molecule has 0 unspecified atom stereocenters. The highest BCUT2D eigenvalue weighted by molar-refractivity contribution is 7.18. The molecule has 0 saturated heterocycles. The fraction of sp³-hybridized carbons (Fsp3) is 0.200. The summed E-state index contributed by atoms with van der Waals surface area (Å²) in [6.45, 7) is 4.92. The van der Waals surface area contributed by atoms with E-state index in [1.165, 1.54) is 10.4 Å². The molecule has 5 aromatic rings. The average Bonchev–Trinajstić information content (AvgIpc) is 3.47. The molecular formula is C25H23N5OS. The number of aryl methyl sites for hydroxylation is 3. The summed E-state index contributed by atoms with van der Waals surface area (Å²) < 4.78 is 5.21. The van der Waals surface area contributed by atoms with E-state index >= 15 is 0 Å². The van der Waals surface area contributed by atoms with Crippen LogP contribution in [0, 0.1) is 13.8 Å². The second kappa shape index (κ2) is 8.88. The van der Waals surface area contributed by atoms with Crippen molar-refractivity contribution in [3.8, 4) is 22.8 Å². The van der Waals surface area contributed by atoms with Crippen molar-refractivity contribution in [3.63, 3.8) is 0 Å². The van der Waals surface area contributed by atoms with Crippen LogP contribution in [0.15, 0.2) is 65.7 Å². The first-order valence-corrected chi connectivity index (χ1v) is 11.4. The quantitative estimate of drug-likeness (QED) is 0.309. The Balaban J connectivity index is 1.24. The summed E-state index contributed by atoms with van der Waals surface area (Å²) in [6.07, 6.45) is 8.99. The number of anilines is 1. The van der Waals surface area contributed by atoms with Crippen LogP contribution in [0.4, 0.5) is 5.82 Å². The number of furan rings is 1. The lowest BCUT2D eigenvalue weighted by Gasteiger charge is -2.09. The maximum Gasteiger partial charge on any atom is 0.166 e. The molecule has 1 aromatic carbocycles. The van der Waals surface area contributed by atoms with Crippen LogP contribution in [0.1, 0.15) is 22.4 Å². The molecule has 4 aromatic heterocycles. The summed E-state index contributed by atoms with van der Waals surface area (Å²) in [7, 11) is 0. The van der Waals surface area contributed by atoms with Crippen molar-refractivity contribution in [2.24, 2.45) is 0 Å². The highest BCUT2D eigenvalue weighted by atomic mass is 32.1. The van der Waals surface area contributed by atoms with E-state index in [0.717, 1.165) is 57.9 Å². The van der Waals surface area contributed by atoms with E-state index in [0.29, 0.717) is 5.82 Å². The second-order valence-electron chi connectivity index (χ2n) is 7.79. The largest absolute Gasteiger partial charge is 0.472 e. The third kappa shape index (κ3) is 4.38. The first-order chi connectivity index (χ1) is 15.7. The van der Waals surface area contributed by atoms with Crippen molar-refractivity contribution >= 4 is 27.4 Å². The zero-order chi connectivity index (χ0) is 21.9. The van der Waals surface area contributed by atoms with Gasteiger partial charge in [0.25, 0.3) is 0 Å². The monoisotopic (exact) mass is 441 g/mol. The average molecular weight is 442 g/mol. The van der Waals surface area contributed by atoms with Crippen LogP contribution < -0.4 is 5.32 Å². The Morgan fingerprint density at radius 3 is 2.50 bits per heavy atom. The number of hydrogen-bond acceptors (Lipinski definition) is 7. The lowest BCUT2D eigenvalue weighted by Crippen LogP contribution is -2.06. The van der Waals surface area contributed by atoms with Crippen molar-refractivity contribution in [2.45, 2.75) is 26.7 Å². The van der Waals surface area contributed by atoms with Gasteiger partial charge in [0, 0.05) is 29.4 Å². The summed E-state index contributed by atoms with van der Waals surface area (Å²) in [5, 5.41) is 4.59. The molecule has 0 saturated carbocycles. The Labute approximate surface area is 190 Å². The Kier molecular flexibility index (Phi) is 5.64. The van der Waals surface area contributed by atoms with Crippen molar-refractivity contribution in [1.29, 1.82) is 0 Å². The van der Waals surface area contributed by atoms with Crippen LogP contribution in [0.3, 0.4) is 0 Å². The molecule has 0 bridgehead atoms. The fourth-order valence-electron chi connectivity index (χ4n) is 3.56. The minimum atomic E-state index is 0.685. The lowest BCUT2D eigenvalue weighted by atomic mass is 10.1. The van der Waals surface area contributed by atoms with Gasteiger partial charge in [0.1, 0.15) is 16.9 Å². The van der Waals surface area contributed by atoms with Gasteiger partial charge in [-0.25, -0.2) is 19.9 Å². The minimum Gasteiger partial charge on any atom is -0.472 e. The van der Waals surface area contributed by atoms with E-state index in [1.807, 2.05) is 25.4 Å². The topological polar surface area (TPSA) is 76.7 Å². The lowest BCUT2D eigenvalue weighted by molar-refractivity contribution is 0.568. The van der Waals surface area contributed by atoms with E-state index in [1.54, 1.807) is 23.9 Å². The zero-order valence-electron chi connectivity index (χ0n) is 18.0. The highest BCUT2D eigenvalue weighted by Gasteiger charge is 2.12. The number of benzene rings is 1. The smallest absolute Gasteiger partial charge is 0.166 e. The predicted molar refractivity (Wildman–Crippen MR) is 129 cm³/mol. The molecule has 0 fully saturated rings. The number of nitrogens with one attached hydrogen (secondary N) is 1. The minimum absolute atomic E-state index is 0.685. The molecule has 0 aliphatic heterocycles. The van der Waals surface area contributed by atoms with Crippen molar-refractivity contribution in [3.05, 3.63) is 77.3 Å². The van der Waals surface area contributed by atoms with E-state index in [-0.39, 0.29) is 0 Å². The molecule has 0 aliphatic rings. The molecule has 0 spiro atoms. The molecule has 4 heterocycles. The van der Waals surface area contributed by atoms with Crippen LogP contribution in [0.5, 0.6) is 0 Å². The van der Waals surface area contributed by atoms with Crippen LogP contribution in [0.2, 0.25) is 0 Å². The van der Waals surface area contributed by atoms with Crippen molar-refractivity contribution in [1.82, 2.24) is 19.9 Å². The highest BCUT2D eigenvalue weighted by Crippen LogP contribution is 2.31. The summed E-state index contributed by atoms with van der Waals surface area (Å²) >= 11 is 1.68. The van der Waals surface area contributed by atoms with Gasteiger partial charge >= 0.3 is 0 Å². The third-order valence-electron chi connectivity index (χ3n) is 5.22. The Bertz CT molecular complexity index is 1330. The molecule has 0 radical (unpaired) electrons. The van der Waals surface area contributed by atoms with Crippen LogP contribution in [-0.4, -0.2) is 26.5 Å². The molecule has 1 N–H and O–H groups in total. The van der Waals surface area contributed by atoms with E-state index in [9.17, 15) is 0 Å². The number of fused-ring (bicyclic) bond motifs is 1.